The molecule has 0 N–H and O–H groups in total. The molecule has 0 bridgehead atoms. The Kier molecular flexibility index (Phi) is 5.17. The molecule has 26 heavy (non-hydrogen) atoms. The summed E-state index contributed by atoms with van der Waals surface area (Å²) in [5.41, 5.74) is 1.86. The zero-order valence-corrected chi connectivity index (χ0v) is 15.1. The molecule has 0 unspecified atom stereocenters. The monoisotopic (exact) mass is 362 g/mol. The van der Waals surface area contributed by atoms with E-state index in [4.69, 9.17) is 0 Å². The first-order chi connectivity index (χ1) is 12.6. The van der Waals surface area contributed by atoms with Gasteiger partial charge in [0.1, 0.15) is 6.07 Å². The van der Waals surface area contributed by atoms with E-state index in [1.165, 1.54) is 16.4 Å². The fourth-order valence-corrected chi connectivity index (χ4v) is 4.43. The lowest BCUT2D eigenvalue weighted by Crippen LogP contribution is -2.32. The number of rotatable bonds is 5. The Balaban J connectivity index is 2.14. The van der Waals surface area contributed by atoms with Crippen molar-refractivity contribution in [3.05, 3.63) is 102 Å². The predicted octanol–water partition coefficient (Wildman–Crippen LogP) is 3.97. The van der Waals surface area contributed by atoms with Crippen LogP contribution in [0, 0.1) is 11.3 Å². The SMILES string of the molecule is CN(C(c1ccccc1)c1ccccc1)S(=O)(=O)c1ccccc1C#N. The fourth-order valence-electron chi connectivity index (χ4n) is 2.96. The Bertz CT molecular complexity index is 987. The highest BCUT2D eigenvalue weighted by Crippen LogP contribution is 2.32. The van der Waals surface area contributed by atoms with Crippen molar-refractivity contribution >= 4 is 10.0 Å². The molecule has 0 aliphatic heterocycles. The molecular formula is C21H18N2O2S. The normalized spacial score (nSPS) is 11.5. The first kappa shape index (κ1) is 17.9. The minimum absolute atomic E-state index is 0.0156. The van der Waals surface area contributed by atoms with Gasteiger partial charge in [0.2, 0.25) is 10.0 Å². The van der Waals surface area contributed by atoms with Gasteiger partial charge in [0.05, 0.1) is 16.5 Å². The molecule has 4 nitrogen and oxygen atoms in total. The summed E-state index contributed by atoms with van der Waals surface area (Å²) in [6.07, 6.45) is 0. The largest absolute Gasteiger partial charge is 0.245 e. The highest BCUT2D eigenvalue weighted by molar-refractivity contribution is 7.89. The molecule has 0 spiro atoms. The lowest BCUT2D eigenvalue weighted by Gasteiger charge is -2.28. The third-order valence-electron chi connectivity index (χ3n) is 4.26. The molecule has 5 heteroatoms. The van der Waals surface area contributed by atoms with Crippen LogP contribution in [-0.4, -0.2) is 19.8 Å². The van der Waals surface area contributed by atoms with Gasteiger partial charge < -0.3 is 0 Å². The maximum atomic E-state index is 13.3. The minimum Gasteiger partial charge on any atom is -0.207 e. The second kappa shape index (κ2) is 7.52. The zero-order valence-electron chi connectivity index (χ0n) is 14.3. The maximum absolute atomic E-state index is 13.3. The van der Waals surface area contributed by atoms with Crippen LogP contribution >= 0.6 is 0 Å². The summed E-state index contributed by atoms with van der Waals surface area (Å²) in [6.45, 7) is 0. The van der Waals surface area contributed by atoms with Gasteiger partial charge in [-0.2, -0.15) is 9.57 Å². The summed E-state index contributed by atoms with van der Waals surface area (Å²) in [6, 6.07) is 26.7. The van der Waals surface area contributed by atoms with E-state index in [9.17, 15) is 13.7 Å². The van der Waals surface area contributed by atoms with Crippen molar-refractivity contribution < 1.29 is 8.42 Å². The lowest BCUT2D eigenvalue weighted by molar-refractivity contribution is 0.418. The average Bonchev–Trinajstić information content (AvgIpc) is 2.69. The molecule has 3 aromatic carbocycles. The van der Waals surface area contributed by atoms with Gasteiger partial charge in [-0.3, -0.25) is 0 Å². The fraction of sp³-hybridized carbons (Fsp3) is 0.0952. The molecule has 0 amide bonds. The highest BCUT2D eigenvalue weighted by Gasteiger charge is 2.31. The molecule has 0 saturated heterocycles. The van der Waals surface area contributed by atoms with Crippen molar-refractivity contribution in [3.63, 3.8) is 0 Å². The highest BCUT2D eigenvalue weighted by atomic mass is 32.2. The Hall–Kier alpha value is -2.94. The third-order valence-corrected chi connectivity index (χ3v) is 6.14. The van der Waals surface area contributed by atoms with Crippen LogP contribution in [-0.2, 0) is 10.0 Å². The Labute approximate surface area is 154 Å². The number of nitriles is 1. The van der Waals surface area contributed by atoms with E-state index >= 15 is 0 Å². The van der Waals surface area contributed by atoms with Crippen LogP contribution in [0.2, 0.25) is 0 Å². The summed E-state index contributed by atoms with van der Waals surface area (Å²) in [5, 5.41) is 9.30. The average molecular weight is 362 g/mol. The second-order valence-corrected chi connectivity index (χ2v) is 7.82. The van der Waals surface area contributed by atoms with Crippen molar-refractivity contribution in [2.75, 3.05) is 7.05 Å². The van der Waals surface area contributed by atoms with Crippen molar-refractivity contribution in [3.8, 4) is 6.07 Å². The number of benzene rings is 3. The van der Waals surface area contributed by atoms with E-state index < -0.39 is 16.1 Å². The summed E-state index contributed by atoms with van der Waals surface area (Å²) in [4.78, 5) is 0.0156. The Morgan fingerprint density at radius 3 is 1.77 bits per heavy atom. The van der Waals surface area contributed by atoms with E-state index in [1.54, 1.807) is 19.2 Å². The van der Waals surface area contributed by atoms with Crippen molar-refractivity contribution in [2.45, 2.75) is 10.9 Å². The number of hydrogen-bond donors (Lipinski definition) is 0. The molecule has 0 radical (unpaired) electrons. The van der Waals surface area contributed by atoms with Gasteiger partial charge in [0.15, 0.2) is 0 Å². The zero-order chi connectivity index (χ0) is 18.6. The summed E-state index contributed by atoms with van der Waals surface area (Å²) in [5.74, 6) is 0. The molecule has 0 atom stereocenters. The van der Waals surface area contributed by atoms with E-state index in [2.05, 4.69) is 0 Å². The van der Waals surface area contributed by atoms with E-state index in [0.29, 0.717) is 0 Å². The van der Waals surface area contributed by atoms with Crippen molar-refractivity contribution in [1.82, 2.24) is 4.31 Å². The van der Waals surface area contributed by atoms with Crippen LogP contribution < -0.4 is 0 Å². The predicted molar refractivity (Wildman–Crippen MR) is 101 cm³/mol. The minimum atomic E-state index is -3.87. The molecule has 0 aliphatic carbocycles. The molecule has 0 aliphatic rings. The van der Waals surface area contributed by atoms with E-state index in [1.807, 2.05) is 66.7 Å². The van der Waals surface area contributed by atoms with Crippen LogP contribution in [0.5, 0.6) is 0 Å². The molecule has 3 aromatic rings. The van der Waals surface area contributed by atoms with Crippen LogP contribution in [0.25, 0.3) is 0 Å². The quantitative estimate of drug-likeness (QED) is 0.690. The third kappa shape index (κ3) is 3.38. The number of nitrogens with zero attached hydrogens (tertiary/aromatic N) is 2. The van der Waals surface area contributed by atoms with Crippen LogP contribution in [0.4, 0.5) is 0 Å². The van der Waals surface area contributed by atoms with Gasteiger partial charge >= 0.3 is 0 Å². The molecule has 0 saturated carbocycles. The van der Waals surface area contributed by atoms with Gasteiger partial charge in [0, 0.05) is 7.05 Å². The van der Waals surface area contributed by atoms with Crippen LogP contribution in [0.1, 0.15) is 22.7 Å². The second-order valence-electron chi connectivity index (χ2n) is 5.85. The Morgan fingerprint density at radius 1 is 0.808 bits per heavy atom. The van der Waals surface area contributed by atoms with Gasteiger partial charge in [-0.05, 0) is 23.3 Å². The van der Waals surface area contributed by atoms with Gasteiger partial charge in [-0.15, -0.1) is 0 Å². The topological polar surface area (TPSA) is 61.2 Å². The lowest BCUT2D eigenvalue weighted by atomic mass is 9.99. The molecule has 0 fully saturated rings. The first-order valence-electron chi connectivity index (χ1n) is 8.13. The summed E-state index contributed by atoms with van der Waals surface area (Å²) in [7, 11) is -2.32. The van der Waals surface area contributed by atoms with Crippen molar-refractivity contribution in [2.24, 2.45) is 0 Å². The summed E-state index contributed by atoms with van der Waals surface area (Å²) < 4.78 is 27.9. The molecule has 3 rings (SSSR count). The molecular weight excluding hydrogens is 344 g/mol. The smallest absolute Gasteiger partial charge is 0.207 e. The van der Waals surface area contributed by atoms with Crippen LogP contribution in [0.3, 0.4) is 0 Å². The number of hydrogen-bond acceptors (Lipinski definition) is 3. The first-order valence-corrected chi connectivity index (χ1v) is 9.57. The number of sulfonamides is 1. The maximum Gasteiger partial charge on any atom is 0.245 e. The van der Waals surface area contributed by atoms with Gasteiger partial charge in [-0.25, -0.2) is 8.42 Å². The van der Waals surface area contributed by atoms with Crippen molar-refractivity contribution in [1.29, 1.82) is 5.26 Å². The van der Waals surface area contributed by atoms with E-state index in [-0.39, 0.29) is 10.5 Å². The molecule has 0 heterocycles. The van der Waals surface area contributed by atoms with Crippen LogP contribution in [0.15, 0.2) is 89.8 Å². The standard InChI is InChI=1S/C21H18N2O2S/c1-23(26(24,25)20-15-9-8-14-19(20)16-22)21(17-10-4-2-5-11-17)18-12-6-3-7-13-18/h2-15,21H,1H3. The molecule has 0 aromatic heterocycles. The van der Waals surface area contributed by atoms with Gasteiger partial charge in [-0.1, -0.05) is 72.8 Å². The Morgan fingerprint density at radius 2 is 1.27 bits per heavy atom. The molecule has 130 valence electrons. The van der Waals surface area contributed by atoms with E-state index in [0.717, 1.165) is 11.1 Å². The van der Waals surface area contributed by atoms with Gasteiger partial charge in [0.25, 0.3) is 0 Å². The summed E-state index contributed by atoms with van der Waals surface area (Å²) >= 11 is 0.